The van der Waals surface area contributed by atoms with Gasteiger partial charge in [0.05, 0.1) is 6.54 Å². The van der Waals surface area contributed by atoms with Crippen LogP contribution >= 0.6 is 0 Å². The van der Waals surface area contributed by atoms with E-state index in [1.165, 1.54) is 12.1 Å². The van der Waals surface area contributed by atoms with Crippen molar-refractivity contribution in [2.75, 3.05) is 19.6 Å². The number of likely N-dealkylation sites (tertiary alicyclic amines) is 1. The number of rotatable bonds is 4. The van der Waals surface area contributed by atoms with Gasteiger partial charge < -0.3 is 5.32 Å². The first kappa shape index (κ1) is 18.2. The Hall–Kier alpha value is -2.16. The number of nitrogens with zero attached hydrogens (tertiary/aromatic N) is 1. The van der Waals surface area contributed by atoms with E-state index in [1.807, 2.05) is 5.32 Å². The predicted octanol–water partition coefficient (Wildman–Crippen LogP) is 2.35. The summed E-state index contributed by atoms with van der Waals surface area (Å²) < 4.78 is 48.9. The van der Waals surface area contributed by atoms with Gasteiger partial charge in [-0.15, -0.1) is 0 Å². The van der Waals surface area contributed by atoms with Crippen LogP contribution in [0, 0.1) is 5.82 Å². The van der Waals surface area contributed by atoms with Crippen molar-refractivity contribution in [2.45, 2.75) is 25.1 Å². The van der Waals surface area contributed by atoms with Gasteiger partial charge in [0, 0.05) is 6.04 Å². The van der Waals surface area contributed by atoms with Gasteiger partial charge in [-0.2, -0.15) is 13.2 Å². The van der Waals surface area contributed by atoms with Gasteiger partial charge in [0.1, 0.15) is 12.4 Å². The van der Waals surface area contributed by atoms with E-state index in [-0.39, 0.29) is 18.4 Å². The summed E-state index contributed by atoms with van der Waals surface area (Å²) >= 11 is 0. The number of imide groups is 1. The summed E-state index contributed by atoms with van der Waals surface area (Å²) in [5, 5.41) is 3.44. The third-order valence-electron chi connectivity index (χ3n) is 3.67. The van der Waals surface area contributed by atoms with E-state index in [1.54, 1.807) is 22.3 Å². The molecule has 0 aromatic heterocycles. The van der Waals surface area contributed by atoms with Gasteiger partial charge in [-0.3, -0.25) is 15.0 Å². The average molecular weight is 347 g/mol. The fourth-order valence-electron chi connectivity index (χ4n) is 2.65. The van der Waals surface area contributed by atoms with Gasteiger partial charge in [0.25, 0.3) is 0 Å². The molecule has 0 saturated carbocycles. The molecule has 0 bridgehead atoms. The van der Waals surface area contributed by atoms with Crippen molar-refractivity contribution >= 4 is 11.9 Å². The fraction of sp³-hybridized carbons (Fsp3) is 0.467. The number of nitrogens with one attached hydrogen (secondary N) is 2. The molecule has 1 saturated heterocycles. The molecule has 1 aliphatic heterocycles. The molecule has 9 heteroatoms. The van der Waals surface area contributed by atoms with Crippen LogP contribution in [0.2, 0.25) is 0 Å². The molecule has 1 fully saturated rings. The molecule has 0 aliphatic carbocycles. The number of benzene rings is 1. The maximum Gasteiger partial charge on any atom is 0.405 e. The molecule has 2 rings (SSSR count). The van der Waals surface area contributed by atoms with Crippen LogP contribution in [0.1, 0.15) is 24.4 Å². The molecular weight excluding hydrogens is 330 g/mol. The Bertz CT molecular complexity index is 589. The van der Waals surface area contributed by atoms with E-state index >= 15 is 0 Å². The highest BCUT2D eigenvalue weighted by atomic mass is 19.4. The molecule has 1 atom stereocenters. The molecule has 24 heavy (non-hydrogen) atoms. The highest BCUT2D eigenvalue weighted by Gasteiger charge is 2.30. The van der Waals surface area contributed by atoms with E-state index in [9.17, 15) is 27.2 Å². The SMILES string of the molecule is O=C(CN1CCCC1c1ccc(F)cc1)NC(=O)NCC(F)(F)F. The minimum absolute atomic E-state index is 0.0883. The normalized spacial score (nSPS) is 18.4. The maximum absolute atomic E-state index is 13.0. The van der Waals surface area contributed by atoms with Crippen molar-refractivity contribution in [3.8, 4) is 0 Å². The Morgan fingerprint density at radius 1 is 1.21 bits per heavy atom. The molecule has 1 unspecified atom stereocenters. The molecule has 0 radical (unpaired) electrons. The van der Waals surface area contributed by atoms with Gasteiger partial charge in [0.2, 0.25) is 5.91 Å². The Labute approximate surface area is 136 Å². The van der Waals surface area contributed by atoms with E-state index in [2.05, 4.69) is 0 Å². The summed E-state index contributed by atoms with van der Waals surface area (Å²) in [6.07, 6.45) is -2.93. The van der Waals surface area contributed by atoms with Gasteiger partial charge in [-0.05, 0) is 37.1 Å². The van der Waals surface area contributed by atoms with Gasteiger partial charge in [-0.1, -0.05) is 12.1 Å². The lowest BCUT2D eigenvalue weighted by Crippen LogP contribution is -2.46. The molecular formula is C15H17F4N3O2. The Morgan fingerprint density at radius 2 is 1.88 bits per heavy atom. The lowest BCUT2D eigenvalue weighted by atomic mass is 10.0. The van der Waals surface area contributed by atoms with Crippen molar-refractivity contribution in [3.63, 3.8) is 0 Å². The van der Waals surface area contributed by atoms with Gasteiger partial charge >= 0.3 is 12.2 Å². The molecule has 1 aliphatic rings. The molecule has 2 N–H and O–H groups in total. The Kier molecular flexibility index (Phi) is 5.76. The van der Waals surface area contributed by atoms with Crippen LogP contribution in [0.3, 0.4) is 0 Å². The van der Waals surface area contributed by atoms with Crippen LogP contribution in [-0.2, 0) is 4.79 Å². The number of hydrogen-bond donors (Lipinski definition) is 2. The zero-order chi connectivity index (χ0) is 17.7. The van der Waals surface area contributed by atoms with Crippen molar-refractivity contribution in [2.24, 2.45) is 0 Å². The number of amides is 3. The lowest BCUT2D eigenvalue weighted by molar-refractivity contribution is -0.125. The standard InChI is InChI=1S/C15H17F4N3O2/c16-11-5-3-10(4-6-11)12-2-1-7-22(12)8-13(23)21-14(24)20-9-15(17,18)19/h3-6,12H,1-2,7-9H2,(H2,20,21,23,24). The second-order valence-electron chi connectivity index (χ2n) is 5.53. The van der Waals surface area contributed by atoms with Crippen LogP contribution in [-0.4, -0.2) is 42.6 Å². The first-order valence-electron chi connectivity index (χ1n) is 7.38. The third-order valence-corrected chi connectivity index (χ3v) is 3.67. The molecule has 132 valence electrons. The Morgan fingerprint density at radius 3 is 2.50 bits per heavy atom. The number of halogens is 4. The summed E-state index contributed by atoms with van der Waals surface area (Å²) in [5.41, 5.74) is 0.850. The van der Waals surface area contributed by atoms with Crippen LogP contribution in [0.15, 0.2) is 24.3 Å². The summed E-state index contributed by atoms with van der Waals surface area (Å²) in [6.45, 7) is -1.02. The second-order valence-corrected chi connectivity index (χ2v) is 5.53. The largest absolute Gasteiger partial charge is 0.405 e. The Balaban J connectivity index is 1.86. The van der Waals surface area contributed by atoms with Crippen LogP contribution in [0.5, 0.6) is 0 Å². The van der Waals surface area contributed by atoms with Crippen LogP contribution in [0.25, 0.3) is 0 Å². The lowest BCUT2D eigenvalue weighted by Gasteiger charge is -2.24. The number of carbonyl (C=O) groups is 2. The first-order valence-corrected chi connectivity index (χ1v) is 7.38. The summed E-state index contributed by atoms with van der Waals surface area (Å²) in [6, 6.07) is 4.65. The minimum atomic E-state index is -4.54. The van der Waals surface area contributed by atoms with E-state index in [0.29, 0.717) is 6.54 Å². The van der Waals surface area contributed by atoms with Crippen molar-refractivity contribution in [3.05, 3.63) is 35.6 Å². The quantitative estimate of drug-likeness (QED) is 0.822. The minimum Gasteiger partial charge on any atom is -0.329 e. The van der Waals surface area contributed by atoms with Gasteiger partial charge in [-0.25, -0.2) is 9.18 Å². The van der Waals surface area contributed by atoms with Crippen LogP contribution < -0.4 is 10.6 Å². The molecule has 0 spiro atoms. The number of alkyl halides is 3. The van der Waals surface area contributed by atoms with Crippen molar-refractivity contribution < 1.29 is 27.2 Å². The predicted molar refractivity (Wildman–Crippen MR) is 77.5 cm³/mol. The summed E-state index contributed by atoms with van der Waals surface area (Å²) in [7, 11) is 0. The molecule has 1 aromatic rings. The highest BCUT2D eigenvalue weighted by Crippen LogP contribution is 2.31. The number of urea groups is 1. The average Bonchev–Trinajstić information content (AvgIpc) is 2.93. The zero-order valence-electron chi connectivity index (χ0n) is 12.7. The number of hydrogen-bond acceptors (Lipinski definition) is 3. The first-order chi connectivity index (χ1) is 11.2. The van der Waals surface area contributed by atoms with Gasteiger partial charge in [0.15, 0.2) is 0 Å². The highest BCUT2D eigenvalue weighted by molar-refractivity contribution is 5.95. The smallest absolute Gasteiger partial charge is 0.329 e. The van der Waals surface area contributed by atoms with Crippen molar-refractivity contribution in [1.82, 2.24) is 15.5 Å². The molecule has 1 heterocycles. The fourth-order valence-corrected chi connectivity index (χ4v) is 2.65. The zero-order valence-corrected chi connectivity index (χ0v) is 12.7. The van der Waals surface area contributed by atoms with E-state index in [0.717, 1.165) is 18.4 Å². The molecule has 5 nitrogen and oxygen atoms in total. The summed E-state index contributed by atoms with van der Waals surface area (Å²) in [5.74, 6) is -1.05. The third kappa shape index (κ3) is 5.48. The monoisotopic (exact) mass is 347 g/mol. The molecule has 3 amide bonds. The van der Waals surface area contributed by atoms with Crippen molar-refractivity contribution in [1.29, 1.82) is 0 Å². The van der Waals surface area contributed by atoms with E-state index < -0.39 is 24.7 Å². The van der Waals surface area contributed by atoms with Crippen LogP contribution in [0.4, 0.5) is 22.4 Å². The summed E-state index contributed by atoms with van der Waals surface area (Å²) in [4.78, 5) is 24.9. The molecule has 1 aromatic carbocycles. The topological polar surface area (TPSA) is 61.4 Å². The number of carbonyl (C=O) groups excluding carboxylic acids is 2. The van der Waals surface area contributed by atoms with E-state index in [4.69, 9.17) is 0 Å². The second kappa shape index (κ2) is 7.61. The maximum atomic E-state index is 13.0.